The van der Waals surface area contributed by atoms with Gasteiger partial charge in [-0.05, 0) is 46.7 Å². The maximum Gasteiger partial charge on any atom is 0.264 e. The summed E-state index contributed by atoms with van der Waals surface area (Å²) in [5.74, 6) is -1.34. The molecule has 33 heavy (non-hydrogen) atoms. The van der Waals surface area contributed by atoms with E-state index in [-0.39, 0.29) is 23.4 Å². The van der Waals surface area contributed by atoms with Gasteiger partial charge in [-0.3, -0.25) is 9.59 Å². The summed E-state index contributed by atoms with van der Waals surface area (Å²) in [4.78, 5) is 28.1. The van der Waals surface area contributed by atoms with Crippen LogP contribution in [-0.4, -0.2) is 21.9 Å². The summed E-state index contributed by atoms with van der Waals surface area (Å²) in [6.07, 6.45) is -0.511. The van der Waals surface area contributed by atoms with E-state index in [1.165, 1.54) is 23.1 Å². The highest BCUT2D eigenvalue weighted by Gasteiger charge is 2.51. The zero-order chi connectivity index (χ0) is 23.2. The first-order valence-corrected chi connectivity index (χ1v) is 10.9. The molecule has 1 atom stereocenters. The van der Waals surface area contributed by atoms with Gasteiger partial charge in [-0.25, -0.2) is 0 Å². The number of phenols is 1. The Morgan fingerprint density at radius 2 is 1.67 bits per heavy atom. The molecule has 1 aliphatic rings. The molecule has 0 saturated carbocycles. The van der Waals surface area contributed by atoms with E-state index >= 15 is 0 Å². The van der Waals surface area contributed by atoms with Crippen LogP contribution in [0.3, 0.4) is 0 Å². The number of hydrogen-bond acceptors (Lipinski definition) is 4. The van der Waals surface area contributed by atoms with Crippen molar-refractivity contribution in [1.82, 2.24) is 0 Å². The Bertz CT molecular complexity index is 1410. The number of fused-ring (bicyclic) bond motifs is 2. The smallest absolute Gasteiger partial charge is 0.264 e. The van der Waals surface area contributed by atoms with Gasteiger partial charge in [-0.1, -0.05) is 66.2 Å². The number of amides is 1. The number of Topliss-reactive ketones (excluding diaryl/α,β-unsaturated/α-hetero) is 1. The zero-order valence-corrected chi connectivity index (χ0v) is 18.3. The number of carbonyl (C=O) groups excluding carboxylic acids is 2. The number of aliphatic hydroxyl groups is 1. The molecule has 6 heteroatoms. The van der Waals surface area contributed by atoms with Crippen molar-refractivity contribution in [2.45, 2.75) is 18.6 Å². The number of hydrogen-bond donors (Lipinski definition) is 2. The van der Waals surface area contributed by atoms with E-state index in [2.05, 4.69) is 0 Å². The maximum absolute atomic E-state index is 13.6. The summed E-state index contributed by atoms with van der Waals surface area (Å²) in [6, 6.07) is 24.7. The molecule has 1 amide bonds. The molecule has 164 valence electrons. The predicted octanol–water partition coefficient (Wildman–Crippen LogP) is 5.21. The summed E-state index contributed by atoms with van der Waals surface area (Å²) in [5, 5.41) is 24.0. The Hall–Kier alpha value is -3.67. The fourth-order valence-electron chi connectivity index (χ4n) is 4.49. The van der Waals surface area contributed by atoms with E-state index in [4.69, 9.17) is 11.6 Å². The molecule has 0 aromatic heterocycles. The summed E-state index contributed by atoms with van der Waals surface area (Å²) in [6.45, 7) is 0.224. The second-order valence-electron chi connectivity index (χ2n) is 8.17. The Morgan fingerprint density at radius 3 is 2.48 bits per heavy atom. The van der Waals surface area contributed by atoms with Crippen molar-refractivity contribution < 1.29 is 19.8 Å². The molecule has 1 aliphatic heterocycles. The SMILES string of the molecule is O=C(CC1(O)C(=O)N(Cc2cccc3ccccc23)c2ccc(Cl)cc21)c1ccccc1O. The quantitative estimate of drug-likeness (QED) is 0.403. The number of halogens is 1. The van der Waals surface area contributed by atoms with Crippen molar-refractivity contribution in [3.8, 4) is 5.75 Å². The molecule has 5 rings (SSSR count). The van der Waals surface area contributed by atoms with E-state index in [9.17, 15) is 19.8 Å². The lowest BCUT2D eigenvalue weighted by Gasteiger charge is -2.23. The number of aromatic hydroxyl groups is 1. The second kappa shape index (κ2) is 8.03. The minimum Gasteiger partial charge on any atom is -0.507 e. The Morgan fingerprint density at radius 1 is 0.939 bits per heavy atom. The Kier molecular flexibility index (Phi) is 5.16. The minimum absolute atomic E-state index is 0.0507. The first-order valence-electron chi connectivity index (χ1n) is 10.5. The number of ketones is 1. The summed E-state index contributed by atoms with van der Waals surface area (Å²) >= 11 is 6.20. The van der Waals surface area contributed by atoms with Crippen LogP contribution in [-0.2, 0) is 16.9 Å². The standard InChI is InChI=1S/C27H20ClNO4/c28-19-12-13-23-22(14-19)27(33,15-25(31)21-10-3-4-11-24(21)30)26(32)29(23)16-18-8-5-7-17-6-1-2-9-20(17)18/h1-14,30,33H,15-16H2. The maximum atomic E-state index is 13.6. The number of anilines is 1. The molecule has 0 aliphatic carbocycles. The van der Waals surface area contributed by atoms with Crippen LogP contribution < -0.4 is 4.90 Å². The molecule has 0 bridgehead atoms. The molecule has 5 nitrogen and oxygen atoms in total. The van der Waals surface area contributed by atoms with Gasteiger partial charge in [-0.15, -0.1) is 0 Å². The average molecular weight is 458 g/mol. The first-order chi connectivity index (χ1) is 15.9. The highest BCUT2D eigenvalue weighted by molar-refractivity contribution is 6.31. The topological polar surface area (TPSA) is 77.8 Å². The largest absolute Gasteiger partial charge is 0.507 e. The van der Waals surface area contributed by atoms with Crippen LogP contribution in [0, 0.1) is 0 Å². The van der Waals surface area contributed by atoms with Gasteiger partial charge in [0.15, 0.2) is 11.4 Å². The second-order valence-corrected chi connectivity index (χ2v) is 8.60. The van der Waals surface area contributed by atoms with Crippen LogP contribution in [0.25, 0.3) is 10.8 Å². The van der Waals surface area contributed by atoms with Crippen molar-refractivity contribution in [2.24, 2.45) is 0 Å². The highest BCUT2D eigenvalue weighted by Crippen LogP contribution is 2.45. The molecule has 2 N–H and O–H groups in total. The number of benzene rings is 4. The third-order valence-corrected chi connectivity index (χ3v) is 6.36. The normalized spacial score (nSPS) is 17.4. The van der Waals surface area contributed by atoms with Crippen molar-refractivity contribution in [1.29, 1.82) is 0 Å². The van der Waals surface area contributed by atoms with E-state index in [0.29, 0.717) is 10.7 Å². The summed E-state index contributed by atoms with van der Waals surface area (Å²) in [5.41, 5.74) is -0.341. The van der Waals surface area contributed by atoms with E-state index in [1.54, 1.807) is 24.3 Å². The van der Waals surface area contributed by atoms with Crippen molar-refractivity contribution >= 4 is 39.8 Å². The van der Waals surface area contributed by atoms with Gasteiger partial charge >= 0.3 is 0 Å². The Balaban J connectivity index is 1.56. The molecule has 0 saturated heterocycles. The van der Waals surface area contributed by atoms with Crippen LogP contribution in [0.5, 0.6) is 5.75 Å². The zero-order valence-electron chi connectivity index (χ0n) is 17.5. The molecule has 0 radical (unpaired) electrons. The first kappa shape index (κ1) is 21.2. The summed E-state index contributed by atoms with van der Waals surface area (Å²) < 4.78 is 0. The number of para-hydroxylation sites is 1. The lowest BCUT2D eigenvalue weighted by Crippen LogP contribution is -2.41. The van der Waals surface area contributed by atoms with Gasteiger partial charge in [0.25, 0.3) is 5.91 Å². The third-order valence-electron chi connectivity index (χ3n) is 6.12. The molecule has 4 aromatic rings. The van der Waals surface area contributed by atoms with Gasteiger partial charge in [0.1, 0.15) is 5.75 Å². The van der Waals surface area contributed by atoms with Crippen LogP contribution in [0.1, 0.15) is 27.9 Å². The molecule has 1 heterocycles. The van der Waals surface area contributed by atoms with Gasteiger partial charge in [0.05, 0.1) is 24.2 Å². The molecule has 4 aromatic carbocycles. The van der Waals surface area contributed by atoms with Gasteiger partial charge in [0.2, 0.25) is 0 Å². The van der Waals surface area contributed by atoms with Crippen molar-refractivity contribution in [2.75, 3.05) is 4.90 Å². The number of nitrogens with zero attached hydrogens (tertiary/aromatic N) is 1. The minimum atomic E-state index is -2.09. The lowest BCUT2D eigenvalue weighted by atomic mass is 9.88. The van der Waals surface area contributed by atoms with Crippen LogP contribution in [0.4, 0.5) is 5.69 Å². The van der Waals surface area contributed by atoms with Crippen LogP contribution >= 0.6 is 11.6 Å². The molecule has 0 fully saturated rings. The van der Waals surface area contributed by atoms with Crippen molar-refractivity contribution in [3.63, 3.8) is 0 Å². The number of phenolic OH excluding ortho intramolecular Hbond substituents is 1. The predicted molar refractivity (Wildman–Crippen MR) is 128 cm³/mol. The monoisotopic (exact) mass is 457 g/mol. The number of carbonyl (C=O) groups is 2. The molecular weight excluding hydrogens is 438 g/mol. The number of rotatable bonds is 5. The van der Waals surface area contributed by atoms with Crippen LogP contribution in [0.2, 0.25) is 5.02 Å². The van der Waals surface area contributed by atoms with Gasteiger partial charge in [-0.2, -0.15) is 0 Å². The Labute approximate surface area is 195 Å². The average Bonchev–Trinajstić information content (AvgIpc) is 3.01. The van der Waals surface area contributed by atoms with Crippen LogP contribution in [0.15, 0.2) is 84.9 Å². The summed E-state index contributed by atoms with van der Waals surface area (Å²) in [7, 11) is 0. The van der Waals surface area contributed by atoms with E-state index in [1.807, 2.05) is 42.5 Å². The molecular formula is C27H20ClNO4. The van der Waals surface area contributed by atoms with E-state index in [0.717, 1.165) is 16.3 Å². The van der Waals surface area contributed by atoms with Gasteiger partial charge < -0.3 is 15.1 Å². The third kappa shape index (κ3) is 3.55. The lowest BCUT2D eigenvalue weighted by molar-refractivity contribution is -0.136. The molecule has 0 spiro atoms. The van der Waals surface area contributed by atoms with E-state index < -0.39 is 23.7 Å². The van der Waals surface area contributed by atoms with Gasteiger partial charge in [0, 0.05) is 10.6 Å². The fraction of sp³-hybridized carbons (Fsp3) is 0.111. The molecule has 1 unspecified atom stereocenters. The fourth-order valence-corrected chi connectivity index (χ4v) is 4.66. The van der Waals surface area contributed by atoms with Crippen molar-refractivity contribution in [3.05, 3.63) is 107 Å². The highest BCUT2D eigenvalue weighted by atomic mass is 35.5.